The monoisotopic (exact) mass is 547 g/mol. The van der Waals surface area contributed by atoms with Gasteiger partial charge in [0.1, 0.15) is 5.75 Å². The Bertz CT molecular complexity index is 848. The Morgan fingerprint density at radius 3 is 2.62 bits per heavy atom. The van der Waals surface area contributed by atoms with E-state index in [1.54, 1.807) is 18.2 Å². The van der Waals surface area contributed by atoms with Crippen LogP contribution in [0.1, 0.15) is 15.9 Å². The van der Waals surface area contributed by atoms with Crippen molar-refractivity contribution in [1.82, 2.24) is 16.2 Å². The molecule has 0 aromatic heterocycles. The Morgan fingerprint density at radius 1 is 1.19 bits per heavy atom. The van der Waals surface area contributed by atoms with Crippen molar-refractivity contribution in [2.24, 2.45) is 0 Å². The Hall–Kier alpha value is -1.72. The van der Waals surface area contributed by atoms with E-state index < -0.39 is 5.91 Å². The predicted molar refractivity (Wildman–Crippen MR) is 115 cm³/mol. The highest BCUT2D eigenvalue weighted by Crippen LogP contribution is 2.25. The van der Waals surface area contributed by atoms with E-state index in [0.717, 1.165) is 13.6 Å². The number of hydrazine groups is 1. The van der Waals surface area contributed by atoms with Crippen LogP contribution in [0.3, 0.4) is 0 Å². The Morgan fingerprint density at radius 2 is 1.92 bits per heavy atom. The zero-order valence-corrected chi connectivity index (χ0v) is 18.2. The molecule has 2 aromatic carbocycles. The quantitative estimate of drug-likeness (QED) is 0.311. The van der Waals surface area contributed by atoms with E-state index in [2.05, 4.69) is 54.7 Å². The van der Waals surface area contributed by atoms with Crippen LogP contribution in [0.4, 0.5) is 0 Å². The summed E-state index contributed by atoms with van der Waals surface area (Å²) in [6.07, 6.45) is 0. The molecule has 6 nitrogen and oxygen atoms in total. The van der Waals surface area contributed by atoms with Crippen LogP contribution >= 0.6 is 50.7 Å². The van der Waals surface area contributed by atoms with Gasteiger partial charge in [-0.05, 0) is 87.5 Å². The number of halogens is 2. The Labute approximate surface area is 178 Å². The maximum Gasteiger partial charge on any atom is 0.276 e. The van der Waals surface area contributed by atoms with E-state index in [-0.39, 0.29) is 17.6 Å². The third-order valence-electron chi connectivity index (χ3n) is 3.11. The molecule has 2 rings (SSSR count). The van der Waals surface area contributed by atoms with Gasteiger partial charge in [-0.25, -0.2) is 0 Å². The topological polar surface area (TPSA) is 79.5 Å². The van der Waals surface area contributed by atoms with Crippen LogP contribution in [0.25, 0.3) is 0 Å². The number of hydrogen-bond acceptors (Lipinski definition) is 4. The van der Waals surface area contributed by atoms with Crippen molar-refractivity contribution in [3.63, 3.8) is 0 Å². The van der Waals surface area contributed by atoms with Gasteiger partial charge >= 0.3 is 0 Å². The van der Waals surface area contributed by atoms with Crippen LogP contribution in [0.2, 0.25) is 0 Å². The summed E-state index contributed by atoms with van der Waals surface area (Å²) in [4.78, 5) is 23.9. The van der Waals surface area contributed by atoms with Gasteiger partial charge in [-0.2, -0.15) is 0 Å². The Balaban J connectivity index is 1.77. The third-order valence-corrected chi connectivity index (χ3v) is 4.87. The first kappa shape index (κ1) is 20.6. The highest BCUT2D eigenvalue weighted by Gasteiger charge is 2.11. The molecule has 26 heavy (non-hydrogen) atoms. The fourth-order valence-corrected chi connectivity index (χ4v) is 3.26. The minimum atomic E-state index is -0.441. The van der Waals surface area contributed by atoms with Crippen LogP contribution in [-0.4, -0.2) is 23.5 Å². The number of rotatable bonds is 4. The fraction of sp³-hybridized carbons (Fsp3) is 0.118. The fourth-order valence-electron chi connectivity index (χ4n) is 1.88. The first-order valence-corrected chi connectivity index (χ1v) is 9.68. The number of ether oxygens (including phenoxy) is 1. The molecule has 0 aliphatic rings. The van der Waals surface area contributed by atoms with Crippen molar-refractivity contribution in [1.29, 1.82) is 0 Å². The van der Waals surface area contributed by atoms with Crippen molar-refractivity contribution in [3.05, 3.63) is 61.6 Å². The van der Waals surface area contributed by atoms with Crippen LogP contribution in [0.15, 0.2) is 46.9 Å². The molecule has 0 unspecified atom stereocenters. The number of hydrogen-bond donors (Lipinski definition) is 3. The van der Waals surface area contributed by atoms with Crippen LogP contribution in [0, 0.1) is 10.5 Å². The van der Waals surface area contributed by atoms with Gasteiger partial charge in [-0.1, -0.05) is 18.2 Å². The van der Waals surface area contributed by atoms with Crippen LogP contribution in [0.5, 0.6) is 5.75 Å². The van der Waals surface area contributed by atoms with Gasteiger partial charge in [-0.3, -0.25) is 25.8 Å². The largest absolute Gasteiger partial charge is 0.483 e. The molecule has 0 spiro atoms. The number of thiocarbonyl (C=S) groups is 1. The molecule has 0 heterocycles. The van der Waals surface area contributed by atoms with Gasteiger partial charge < -0.3 is 4.74 Å². The average molecular weight is 548 g/mol. The summed E-state index contributed by atoms with van der Waals surface area (Å²) in [6.45, 7) is 1.75. The van der Waals surface area contributed by atoms with E-state index in [9.17, 15) is 9.59 Å². The highest BCUT2D eigenvalue weighted by atomic mass is 127. The molecule has 0 aliphatic carbocycles. The second kappa shape index (κ2) is 9.83. The summed E-state index contributed by atoms with van der Waals surface area (Å²) in [5, 5.41) is 2.48. The second-order valence-electron chi connectivity index (χ2n) is 5.16. The molecule has 9 heteroatoms. The van der Waals surface area contributed by atoms with Gasteiger partial charge in [0.2, 0.25) is 0 Å². The van der Waals surface area contributed by atoms with Gasteiger partial charge in [0.05, 0.1) is 10.0 Å². The molecule has 0 saturated carbocycles. The maximum absolute atomic E-state index is 12.1. The Kier molecular flexibility index (Phi) is 7.79. The molecule has 2 amide bonds. The summed E-state index contributed by atoms with van der Waals surface area (Å²) >= 11 is 10.4. The molecule has 2 aromatic rings. The van der Waals surface area contributed by atoms with Crippen molar-refractivity contribution >= 4 is 67.7 Å². The predicted octanol–water partition coefficient (Wildman–Crippen LogP) is 3.08. The van der Waals surface area contributed by atoms with Crippen molar-refractivity contribution in [3.8, 4) is 5.75 Å². The molecule has 0 atom stereocenters. The molecule has 3 N–H and O–H groups in total. The number of amides is 2. The molecule has 0 saturated heterocycles. The number of carbonyl (C=O) groups excluding carboxylic acids is 2. The SMILES string of the molecule is Cc1ccc(OCC(=O)NNC(=S)NC(=O)c2ccccc2I)c(Br)c1. The van der Waals surface area contributed by atoms with E-state index in [4.69, 9.17) is 17.0 Å². The normalized spacial score (nSPS) is 9.96. The molecular formula is C17H15BrIN3O3S. The lowest BCUT2D eigenvalue weighted by Crippen LogP contribution is -2.49. The van der Waals surface area contributed by atoms with Gasteiger partial charge in [0.15, 0.2) is 11.7 Å². The number of benzene rings is 2. The minimum Gasteiger partial charge on any atom is -0.483 e. The number of aryl methyl sites for hydroxylation is 1. The summed E-state index contributed by atoms with van der Waals surface area (Å²) in [5.74, 6) is -0.245. The van der Waals surface area contributed by atoms with E-state index >= 15 is 0 Å². The van der Waals surface area contributed by atoms with E-state index in [1.165, 1.54) is 0 Å². The first-order valence-electron chi connectivity index (χ1n) is 7.40. The van der Waals surface area contributed by atoms with Crippen molar-refractivity contribution in [2.45, 2.75) is 6.92 Å². The van der Waals surface area contributed by atoms with Crippen molar-refractivity contribution < 1.29 is 14.3 Å². The zero-order valence-electron chi connectivity index (χ0n) is 13.6. The van der Waals surface area contributed by atoms with Gasteiger partial charge in [0, 0.05) is 3.57 Å². The number of nitrogens with one attached hydrogen (secondary N) is 3. The van der Waals surface area contributed by atoms with Crippen molar-refractivity contribution in [2.75, 3.05) is 6.61 Å². The zero-order chi connectivity index (χ0) is 19.1. The summed E-state index contributed by atoms with van der Waals surface area (Å²) in [5.41, 5.74) is 6.41. The van der Waals surface area contributed by atoms with Crippen LogP contribution in [-0.2, 0) is 4.79 Å². The maximum atomic E-state index is 12.1. The first-order chi connectivity index (χ1) is 12.4. The molecule has 0 bridgehead atoms. The lowest BCUT2D eigenvalue weighted by molar-refractivity contribution is -0.123. The second-order valence-corrected chi connectivity index (χ2v) is 7.58. The molecule has 0 fully saturated rings. The van der Waals surface area contributed by atoms with E-state index in [1.807, 2.05) is 31.2 Å². The summed E-state index contributed by atoms with van der Waals surface area (Å²) < 4.78 is 6.98. The molecular weight excluding hydrogens is 533 g/mol. The lowest BCUT2D eigenvalue weighted by atomic mass is 10.2. The number of carbonyl (C=O) groups is 2. The smallest absolute Gasteiger partial charge is 0.276 e. The highest BCUT2D eigenvalue weighted by molar-refractivity contribution is 14.1. The third kappa shape index (κ3) is 6.22. The molecule has 0 aliphatic heterocycles. The van der Waals surface area contributed by atoms with Crippen LogP contribution < -0.4 is 20.9 Å². The molecule has 136 valence electrons. The van der Waals surface area contributed by atoms with Gasteiger partial charge in [-0.15, -0.1) is 0 Å². The lowest BCUT2D eigenvalue weighted by Gasteiger charge is -2.12. The summed E-state index contributed by atoms with van der Waals surface area (Å²) in [6, 6.07) is 12.6. The minimum absolute atomic E-state index is 0.0143. The summed E-state index contributed by atoms with van der Waals surface area (Å²) in [7, 11) is 0. The van der Waals surface area contributed by atoms with E-state index in [0.29, 0.717) is 11.3 Å². The van der Waals surface area contributed by atoms with Gasteiger partial charge in [0.25, 0.3) is 11.8 Å². The standard InChI is InChI=1S/C17H15BrIN3O3S/c1-10-6-7-14(12(18)8-10)25-9-15(23)21-22-17(26)20-16(24)11-4-2-3-5-13(11)19/h2-8H,9H2,1H3,(H,21,23)(H2,20,22,24,26). The average Bonchev–Trinajstić information content (AvgIpc) is 2.59. The molecule has 0 radical (unpaired) electrons.